The van der Waals surface area contributed by atoms with Gasteiger partial charge in [-0.15, -0.1) is 0 Å². The van der Waals surface area contributed by atoms with Crippen LogP contribution >= 0.6 is 0 Å². The molecule has 0 rings (SSSR count). The quantitative estimate of drug-likeness (QED) is 0.460. The highest BCUT2D eigenvalue weighted by Gasteiger charge is 1.57. The van der Waals surface area contributed by atoms with E-state index >= 15 is 0 Å². The molecule has 0 N–H and O–H groups in total. The normalized spacial score (nSPS) is 7.43. The molecule has 0 aromatic rings. The minimum atomic E-state index is 0. The predicted molar refractivity (Wildman–Crippen MR) is 31.8 cm³/mol. The molecule has 0 fully saturated rings. The molecule has 0 unspecified atom stereocenters. The Bertz CT molecular complexity index is 76.7. The Morgan fingerprint density at radius 2 is 2.29 bits per heavy atom. The number of rotatable bonds is 1. The zero-order valence-corrected chi connectivity index (χ0v) is 3.81. The van der Waals surface area contributed by atoms with Gasteiger partial charge in [-0.3, -0.25) is 0 Å². The smallest absolute Gasteiger partial charge is 0.0908 e. The van der Waals surface area contributed by atoms with E-state index in [2.05, 4.69) is 0 Å². The van der Waals surface area contributed by atoms with Crippen LogP contribution in [0.15, 0.2) is 12.2 Å². The fraction of sp³-hybridized carbons (Fsp3) is 0.500. The number of hydrogen-bond acceptors (Lipinski definition) is 1. The summed E-state index contributed by atoms with van der Waals surface area (Å²) in [6.45, 7) is 1.99. The van der Waals surface area contributed by atoms with E-state index in [9.17, 15) is 0 Å². The predicted octanol–water partition coefficient (Wildman–Crippen LogP) is 2.11. The summed E-state index contributed by atoms with van der Waals surface area (Å²) in [5.41, 5.74) is 0. The van der Waals surface area contributed by atoms with Crippen molar-refractivity contribution in [3.8, 4) is 6.07 Å². The standard InChI is InChI=1S/C5H7N.CH4/c1-2-3-4-5-6;/h3-4H,2H2,1H3;1H4. The summed E-state index contributed by atoms with van der Waals surface area (Å²) in [6, 6.07) is 1.89. The Morgan fingerprint density at radius 1 is 1.71 bits per heavy atom. The van der Waals surface area contributed by atoms with Gasteiger partial charge in [0.15, 0.2) is 0 Å². The van der Waals surface area contributed by atoms with E-state index in [1.165, 1.54) is 6.08 Å². The molecule has 0 aromatic carbocycles. The first kappa shape index (κ1) is 9.52. The van der Waals surface area contributed by atoms with Crippen molar-refractivity contribution in [1.82, 2.24) is 0 Å². The van der Waals surface area contributed by atoms with Crippen molar-refractivity contribution < 1.29 is 0 Å². The molecule has 40 valence electrons. The van der Waals surface area contributed by atoms with E-state index in [1.807, 2.05) is 19.1 Å². The Morgan fingerprint density at radius 3 is 2.43 bits per heavy atom. The Labute approximate surface area is 45.3 Å². The largest absolute Gasteiger partial charge is 0.193 e. The van der Waals surface area contributed by atoms with Crippen LogP contribution in [0.2, 0.25) is 0 Å². The zero-order valence-electron chi connectivity index (χ0n) is 3.81. The fourth-order valence-corrected chi connectivity index (χ4v) is 0.171. The maximum absolute atomic E-state index is 7.86. The SMILES string of the molecule is C.CCC=CC#N. The molecule has 0 aliphatic rings. The topological polar surface area (TPSA) is 23.8 Å². The summed E-state index contributed by atoms with van der Waals surface area (Å²) in [4.78, 5) is 0. The molecule has 0 atom stereocenters. The van der Waals surface area contributed by atoms with Gasteiger partial charge in [0.2, 0.25) is 0 Å². The molecule has 7 heavy (non-hydrogen) atoms. The van der Waals surface area contributed by atoms with Gasteiger partial charge in [0.05, 0.1) is 6.07 Å². The van der Waals surface area contributed by atoms with E-state index in [-0.39, 0.29) is 7.43 Å². The summed E-state index contributed by atoms with van der Waals surface area (Å²) in [7, 11) is 0. The van der Waals surface area contributed by atoms with Crippen LogP contribution in [0.3, 0.4) is 0 Å². The first-order chi connectivity index (χ1) is 2.91. The molecule has 0 aliphatic heterocycles. The van der Waals surface area contributed by atoms with Crippen molar-refractivity contribution in [2.24, 2.45) is 0 Å². The summed E-state index contributed by atoms with van der Waals surface area (Å²) < 4.78 is 0. The Kier molecular flexibility index (Phi) is 12.2. The Balaban J connectivity index is 0. The van der Waals surface area contributed by atoms with Gasteiger partial charge in [-0.25, -0.2) is 0 Å². The van der Waals surface area contributed by atoms with Crippen LogP contribution in [-0.2, 0) is 0 Å². The summed E-state index contributed by atoms with van der Waals surface area (Å²) in [5.74, 6) is 0. The molecule has 0 radical (unpaired) electrons. The lowest BCUT2D eigenvalue weighted by atomic mass is 10.4. The lowest BCUT2D eigenvalue weighted by molar-refractivity contribution is 1.22. The highest BCUT2D eigenvalue weighted by Crippen LogP contribution is 1.74. The van der Waals surface area contributed by atoms with E-state index in [4.69, 9.17) is 5.26 Å². The lowest BCUT2D eigenvalue weighted by Crippen LogP contribution is -1.47. The van der Waals surface area contributed by atoms with Crippen LogP contribution in [-0.4, -0.2) is 0 Å². The molecule has 0 aromatic heterocycles. The average molecular weight is 97.2 g/mol. The molecule has 1 nitrogen and oxygen atoms in total. The maximum Gasteiger partial charge on any atom is 0.0908 e. The zero-order chi connectivity index (χ0) is 4.83. The average Bonchev–Trinajstić information content (AvgIpc) is 1.61. The highest BCUT2D eigenvalue weighted by atomic mass is 14.2. The number of nitrogens with zero attached hydrogens (tertiary/aromatic N) is 1. The van der Waals surface area contributed by atoms with Gasteiger partial charge in [0.25, 0.3) is 0 Å². The van der Waals surface area contributed by atoms with Gasteiger partial charge in [-0.2, -0.15) is 5.26 Å². The molecule has 0 aliphatic carbocycles. The highest BCUT2D eigenvalue weighted by molar-refractivity contribution is 5.00. The molecule has 0 amide bonds. The number of allylic oxidation sites excluding steroid dienone is 2. The van der Waals surface area contributed by atoms with Crippen molar-refractivity contribution in [1.29, 1.82) is 5.26 Å². The molecule has 0 bridgehead atoms. The third-order valence-electron chi connectivity index (χ3n) is 0.428. The van der Waals surface area contributed by atoms with E-state index < -0.39 is 0 Å². The van der Waals surface area contributed by atoms with Crippen LogP contribution in [0, 0.1) is 11.3 Å². The molecule has 1 heteroatoms. The van der Waals surface area contributed by atoms with Crippen molar-refractivity contribution >= 4 is 0 Å². The third kappa shape index (κ3) is 11.0. The van der Waals surface area contributed by atoms with Crippen molar-refractivity contribution in [2.45, 2.75) is 20.8 Å². The summed E-state index contributed by atoms with van der Waals surface area (Å²) >= 11 is 0. The van der Waals surface area contributed by atoms with Crippen LogP contribution in [0.25, 0.3) is 0 Å². The maximum atomic E-state index is 7.86. The van der Waals surface area contributed by atoms with Gasteiger partial charge in [0.1, 0.15) is 0 Å². The van der Waals surface area contributed by atoms with Gasteiger partial charge in [-0.1, -0.05) is 20.4 Å². The van der Waals surface area contributed by atoms with Gasteiger partial charge >= 0.3 is 0 Å². The molecule has 0 saturated heterocycles. The molecule has 0 heterocycles. The molecular formula is C6H11N. The molecular weight excluding hydrogens is 86.1 g/mol. The first-order valence-corrected chi connectivity index (χ1v) is 1.96. The van der Waals surface area contributed by atoms with Crippen LogP contribution < -0.4 is 0 Å². The minimum Gasteiger partial charge on any atom is -0.193 e. The molecule has 0 spiro atoms. The van der Waals surface area contributed by atoms with Crippen LogP contribution in [0.4, 0.5) is 0 Å². The molecule has 0 saturated carbocycles. The van der Waals surface area contributed by atoms with Gasteiger partial charge in [0, 0.05) is 6.08 Å². The lowest BCUT2D eigenvalue weighted by Gasteiger charge is -1.63. The summed E-state index contributed by atoms with van der Waals surface area (Å²) in [6.07, 6.45) is 4.26. The van der Waals surface area contributed by atoms with Crippen LogP contribution in [0.1, 0.15) is 20.8 Å². The fourth-order valence-electron chi connectivity index (χ4n) is 0.171. The second-order valence-electron chi connectivity index (χ2n) is 0.940. The van der Waals surface area contributed by atoms with Crippen molar-refractivity contribution in [2.75, 3.05) is 0 Å². The van der Waals surface area contributed by atoms with E-state index in [0.717, 1.165) is 6.42 Å². The van der Waals surface area contributed by atoms with Gasteiger partial charge < -0.3 is 0 Å². The van der Waals surface area contributed by atoms with E-state index in [0.29, 0.717) is 0 Å². The van der Waals surface area contributed by atoms with Crippen molar-refractivity contribution in [3.63, 3.8) is 0 Å². The third-order valence-corrected chi connectivity index (χ3v) is 0.428. The Hall–Kier alpha value is -0.770. The second kappa shape index (κ2) is 8.97. The van der Waals surface area contributed by atoms with Crippen molar-refractivity contribution in [3.05, 3.63) is 12.2 Å². The minimum absolute atomic E-state index is 0. The van der Waals surface area contributed by atoms with Crippen LogP contribution in [0.5, 0.6) is 0 Å². The first-order valence-electron chi connectivity index (χ1n) is 1.96. The van der Waals surface area contributed by atoms with Gasteiger partial charge in [-0.05, 0) is 6.42 Å². The monoisotopic (exact) mass is 97.1 g/mol. The van der Waals surface area contributed by atoms with E-state index in [1.54, 1.807) is 0 Å². The summed E-state index contributed by atoms with van der Waals surface area (Å²) in [5, 5.41) is 7.86. The number of hydrogen-bond donors (Lipinski definition) is 0. The second-order valence-corrected chi connectivity index (χ2v) is 0.940. The number of nitriles is 1.